The molecule has 122 valence electrons. The molecule has 3 rings (SSSR count). The highest BCUT2D eigenvalue weighted by Crippen LogP contribution is 2.46. The van der Waals surface area contributed by atoms with Gasteiger partial charge in [-0.2, -0.15) is 0 Å². The third kappa shape index (κ3) is 3.41. The number of phosphoric acid groups is 1. The van der Waals surface area contributed by atoms with Crippen LogP contribution in [0.3, 0.4) is 0 Å². The average Bonchev–Trinajstić information content (AvgIpc) is 2.53. The molecule has 23 heavy (non-hydrogen) atoms. The van der Waals surface area contributed by atoms with Crippen molar-refractivity contribution >= 4 is 30.6 Å². The molecule has 2 aromatic rings. The van der Waals surface area contributed by atoms with E-state index in [2.05, 4.69) is 26.5 Å². The highest BCUT2D eigenvalue weighted by atomic mass is 31.2. The van der Waals surface area contributed by atoms with Crippen LogP contribution in [-0.2, 0) is 9.09 Å². The molecule has 0 aliphatic carbocycles. The molecular weight excluding hydrogens is 315 g/mol. The second-order valence-corrected chi connectivity index (χ2v) is 6.60. The molecule has 0 spiro atoms. The molecule has 1 heterocycles. The van der Waals surface area contributed by atoms with Crippen molar-refractivity contribution in [3.63, 3.8) is 0 Å². The molecule has 0 amide bonds. The van der Waals surface area contributed by atoms with Crippen LogP contribution in [0.1, 0.15) is 6.42 Å². The Hall–Kier alpha value is -1.85. The van der Waals surface area contributed by atoms with E-state index in [-0.39, 0.29) is 6.61 Å². The number of hydrogen-bond acceptors (Lipinski definition) is 4. The summed E-state index contributed by atoms with van der Waals surface area (Å²) in [5.41, 5.74) is 4.35. The number of fused-ring (bicyclic) bond motifs is 2. The molecule has 6 nitrogen and oxygen atoms in total. The van der Waals surface area contributed by atoms with Crippen molar-refractivity contribution in [1.29, 1.82) is 0 Å². The van der Waals surface area contributed by atoms with E-state index in [1.165, 1.54) is 0 Å². The molecule has 0 fully saturated rings. The van der Waals surface area contributed by atoms with E-state index in [4.69, 9.17) is 9.79 Å². The van der Waals surface area contributed by atoms with Gasteiger partial charge in [-0.05, 0) is 30.7 Å². The summed E-state index contributed by atoms with van der Waals surface area (Å²) in [5, 5.41) is 0. The van der Waals surface area contributed by atoms with Gasteiger partial charge in [0.25, 0.3) is 0 Å². The number of hydrogen-bond donors (Lipinski definition) is 2. The normalized spacial score (nSPS) is 13.7. The smallest absolute Gasteiger partial charge is 0.341 e. The van der Waals surface area contributed by atoms with Crippen LogP contribution in [0.2, 0.25) is 0 Å². The van der Waals surface area contributed by atoms with Crippen molar-refractivity contribution in [1.82, 2.24) is 0 Å². The van der Waals surface area contributed by atoms with E-state index in [0.29, 0.717) is 13.0 Å². The van der Waals surface area contributed by atoms with Gasteiger partial charge in [0.15, 0.2) is 0 Å². The Labute approximate surface area is 135 Å². The van der Waals surface area contributed by atoms with Crippen LogP contribution in [0.5, 0.6) is 0 Å². The van der Waals surface area contributed by atoms with Crippen molar-refractivity contribution in [3.8, 4) is 0 Å². The molecular formula is C16H19N2O4P. The molecule has 0 radical (unpaired) electrons. The number of phosphoric ester groups is 1. The molecule has 1 aliphatic heterocycles. The summed E-state index contributed by atoms with van der Waals surface area (Å²) in [7, 11) is -2.37. The Morgan fingerprint density at radius 2 is 1.43 bits per heavy atom. The van der Waals surface area contributed by atoms with E-state index < -0.39 is 7.82 Å². The zero-order chi connectivity index (χ0) is 16.4. The third-order valence-electron chi connectivity index (χ3n) is 3.85. The largest absolute Gasteiger partial charge is 0.469 e. The molecule has 0 atom stereocenters. The maximum Gasteiger partial charge on any atom is 0.469 e. The predicted molar refractivity (Wildman–Crippen MR) is 90.6 cm³/mol. The summed E-state index contributed by atoms with van der Waals surface area (Å²) in [6, 6.07) is 16.2. The van der Waals surface area contributed by atoms with Crippen LogP contribution in [-0.4, -0.2) is 30.0 Å². The summed E-state index contributed by atoms with van der Waals surface area (Å²) in [6.07, 6.45) is 0.511. The predicted octanol–water partition coefficient (Wildman–Crippen LogP) is 3.41. The van der Waals surface area contributed by atoms with E-state index in [1.54, 1.807) is 0 Å². The number of para-hydroxylation sites is 4. The lowest BCUT2D eigenvalue weighted by molar-refractivity contribution is 0.196. The lowest BCUT2D eigenvalue weighted by atomic mass is 10.1. The SMILES string of the molecule is CN1c2ccccc2N(CCCOP(=O)(O)O)c2ccccc21. The molecule has 0 unspecified atom stereocenters. The topological polar surface area (TPSA) is 73.2 Å². The molecule has 0 bridgehead atoms. The van der Waals surface area contributed by atoms with Crippen molar-refractivity contribution in [3.05, 3.63) is 48.5 Å². The van der Waals surface area contributed by atoms with Crippen LogP contribution >= 0.6 is 7.82 Å². The van der Waals surface area contributed by atoms with Gasteiger partial charge in [0.2, 0.25) is 0 Å². The maximum absolute atomic E-state index is 10.8. The Bertz CT molecular complexity index is 699. The molecule has 7 heteroatoms. The van der Waals surface area contributed by atoms with Gasteiger partial charge in [-0.3, -0.25) is 4.52 Å². The van der Waals surface area contributed by atoms with Gasteiger partial charge in [-0.1, -0.05) is 24.3 Å². The highest BCUT2D eigenvalue weighted by Gasteiger charge is 2.25. The number of benzene rings is 2. The molecule has 2 aromatic carbocycles. The van der Waals surface area contributed by atoms with Gasteiger partial charge in [0.05, 0.1) is 29.4 Å². The second kappa shape index (κ2) is 6.34. The van der Waals surface area contributed by atoms with Crippen molar-refractivity contribution in [2.45, 2.75) is 6.42 Å². The number of rotatable bonds is 5. The van der Waals surface area contributed by atoms with Gasteiger partial charge in [0.1, 0.15) is 0 Å². The average molecular weight is 334 g/mol. The van der Waals surface area contributed by atoms with Crippen LogP contribution in [0.15, 0.2) is 48.5 Å². The minimum atomic E-state index is -4.40. The third-order valence-corrected chi connectivity index (χ3v) is 4.37. The zero-order valence-corrected chi connectivity index (χ0v) is 13.7. The van der Waals surface area contributed by atoms with E-state index in [9.17, 15) is 4.57 Å². The fourth-order valence-electron chi connectivity index (χ4n) is 2.86. The van der Waals surface area contributed by atoms with Crippen molar-refractivity contribution < 1.29 is 18.9 Å². The zero-order valence-electron chi connectivity index (χ0n) is 12.8. The molecule has 2 N–H and O–H groups in total. The van der Waals surface area contributed by atoms with Gasteiger partial charge in [0, 0.05) is 13.6 Å². The van der Waals surface area contributed by atoms with Crippen LogP contribution in [0.4, 0.5) is 22.7 Å². The van der Waals surface area contributed by atoms with E-state index in [1.807, 2.05) is 43.4 Å². The van der Waals surface area contributed by atoms with Gasteiger partial charge >= 0.3 is 7.82 Å². The van der Waals surface area contributed by atoms with Crippen LogP contribution in [0.25, 0.3) is 0 Å². The minimum Gasteiger partial charge on any atom is -0.341 e. The highest BCUT2D eigenvalue weighted by molar-refractivity contribution is 7.46. The lowest BCUT2D eigenvalue weighted by Gasteiger charge is -2.38. The summed E-state index contributed by atoms with van der Waals surface area (Å²) in [4.78, 5) is 21.9. The molecule has 0 saturated carbocycles. The Kier molecular flexibility index (Phi) is 4.41. The number of anilines is 4. The quantitative estimate of drug-likeness (QED) is 0.645. The Balaban J connectivity index is 1.85. The van der Waals surface area contributed by atoms with Gasteiger partial charge in [-0.15, -0.1) is 0 Å². The first-order valence-electron chi connectivity index (χ1n) is 7.37. The Morgan fingerprint density at radius 3 is 1.91 bits per heavy atom. The summed E-state index contributed by atoms with van der Waals surface area (Å²) >= 11 is 0. The summed E-state index contributed by atoms with van der Waals surface area (Å²) in [5.74, 6) is 0. The van der Waals surface area contributed by atoms with Crippen LogP contribution in [0, 0.1) is 0 Å². The van der Waals surface area contributed by atoms with Crippen LogP contribution < -0.4 is 9.80 Å². The standard InChI is InChI=1S/C16H19N2O4P/c1-17-13-7-2-4-9-15(13)18(11-6-12-22-23(19,20)21)16-10-5-3-8-14(16)17/h2-5,7-10H,6,11-12H2,1H3,(H2,19,20,21). The number of nitrogens with zero attached hydrogens (tertiary/aromatic N) is 2. The Morgan fingerprint density at radius 1 is 0.957 bits per heavy atom. The fourth-order valence-corrected chi connectivity index (χ4v) is 3.23. The molecule has 0 aromatic heterocycles. The molecule has 1 aliphatic rings. The summed E-state index contributed by atoms with van der Waals surface area (Å²) in [6.45, 7) is 0.628. The maximum atomic E-state index is 10.8. The van der Waals surface area contributed by atoms with Crippen molar-refractivity contribution in [2.75, 3.05) is 30.0 Å². The summed E-state index contributed by atoms with van der Waals surface area (Å²) < 4.78 is 15.3. The molecule has 0 saturated heterocycles. The monoisotopic (exact) mass is 334 g/mol. The van der Waals surface area contributed by atoms with E-state index in [0.717, 1.165) is 22.7 Å². The lowest BCUT2D eigenvalue weighted by Crippen LogP contribution is -2.28. The second-order valence-electron chi connectivity index (χ2n) is 5.37. The van der Waals surface area contributed by atoms with Gasteiger partial charge in [-0.25, -0.2) is 4.57 Å². The van der Waals surface area contributed by atoms with Crippen molar-refractivity contribution in [2.24, 2.45) is 0 Å². The fraction of sp³-hybridized carbons (Fsp3) is 0.250. The first-order chi connectivity index (χ1) is 11.0. The van der Waals surface area contributed by atoms with E-state index >= 15 is 0 Å². The first-order valence-corrected chi connectivity index (χ1v) is 8.90. The minimum absolute atomic E-state index is 0.0148. The van der Waals surface area contributed by atoms with Gasteiger partial charge < -0.3 is 19.6 Å². The first kappa shape index (κ1) is 16.0.